The summed E-state index contributed by atoms with van der Waals surface area (Å²) in [4.78, 5) is 30.2. The first-order valence-corrected chi connectivity index (χ1v) is 25.8. The van der Waals surface area contributed by atoms with Crippen LogP contribution in [-0.2, 0) is 6.42 Å². The molecular formula is C58H98N6O2. The molecule has 8 heteroatoms. The topological polar surface area (TPSA) is 94.4 Å². The summed E-state index contributed by atoms with van der Waals surface area (Å²) < 4.78 is 0. The molecule has 9 rings (SSSR count). The predicted molar refractivity (Wildman–Crippen MR) is 293 cm³/mol. The second kappa shape index (κ2) is 31.0. The van der Waals surface area contributed by atoms with E-state index in [2.05, 4.69) is 121 Å². The third kappa shape index (κ3) is 12.9. The van der Waals surface area contributed by atoms with Crippen LogP contribution in [0.3, 0.4) is 0 Å². The highest BCUT2D eigenvalue weighted by atomic mass is 16.3. The molecule has 0 fully saturated rings. The molecule has 0 saturated carbocycles. The van der Waals surface area contributed by atoms with Gasteiger partial charge < -0.3 is 20.1 Å². The first-order valence-electron chi connectivity index (χ1n) is 25.8. The Morgan fingerprint density at radius 3 is 1.38 bits per heavy atom. The molecule has 66 heavy (non-hydrogen) atoms. The SMILES string of the molecule is C.CC.CC.CC.CC.CC.CC.CCN1C(C)C(=O)c2c([nH]c3ccccc23)C1C.CCN1C(C)Cc2c([nH]c3ccccc23)C1C.CCN1C(C)c2[nH]c3ccccc3c2C(O)C1C. The monoisotopic (exact) mass is 911 g/mol. The lowest BCUT2D eigenvalue weighted by Gasteiger charge is -2.41. The summed E-state index contributed by atoms with van der Waals surface area (Å²) in [6.45, 7) is 46.6. The molecule has 7 atom stereocenters. The Morgan fingerprint density at radius 1 is 0.500 bits per heavy atom. The van der Waals surface area contributed by atoms with Gasteiger partial charge in [-0.2, -0.15) is 0 Å². The number of nitrogens with one attached hydrogen (secondary N) is 3. The van der Waals surface area contributed by atoms with E-state index in [0.717, 1.165) is 64.7 Å². The summed E-state index contributed by atoms with van der Waals surface area (Å²) in [5.74, 6) is 0.238. The van der Waals surface area contributed by atoms with Crippen molar-refractivity contribution in [2.75, 3.05) is 19.6 Å². The van der Waals surface area contributed by atoms with Crippen molar-refractivity contribution in [3.63, 3.8) is 0 Å². The van der Waals surface area contributed by atoms with Crippen molar-refractivity contribution in [2.45, 2.75) is 202 Å². The van der Waals surface area contributed by atoms with Gasteiger partial charge in [-0.3, -0.25) is 19.5 Å². The highest BCUT2D eigenvalue weighted by Crippen LogP contribution is 2.42. The maximum absolute atomic E-state index is 12.5. The third-order valence-corrected chi connectivity index (χ3v) is 12.7. The zero-order chi connectivity index (χ0) is 49.7. The van der Waals surface area contributed by atoms with Gasteiger partial charge in [0.05, 0.1) is 12.1 Å². The number of hydrogen-bond donors (Lipinski definition) is 4. The molecule has 3 aromatic carbocycles. The number of aliphatic hydroxyl groups excluding tert-OH is 1. The molecular weight excluding hydrogens is 813 g/mol. The van der Waals surface area contributed by atoms with Crippen LogP contribution in [0.5, 0.6) is 0 Å². The van der Waals surface area contributed by atoms with Crippen LogP contribution in [0.25, 0.3) is 32.7 Å². The van der Waals surface area contributed by atoms with E-state index < -0.39 is 6.10 Å². The molecule has 0 bridgehead atoms. The van der Waals surface area contributed by atoms with Crippen molar-refractivity contribution in [2.24, 2.45) is 0 Å². The maximum atomic E-state index is 12.5. The number of Topliss-reactive ketones (excluding diaryl/α,β-unsaturated/α-hetero) is 1. The van der Waals surface area contributed by atoms with Gasteiger partial charge in [0.25, 0.3) is 0 Å². The number of aromatic nitrogens is 3. The number of para-hydroxylation sites is 3. The number of ketones is 1. The molecule has 0 amide bonds. The summed E-state index contributed by atoms with van der Waals surface area (Å²) in [6, 6.07) is 26.8. The molecule has 372 valence electrons. The van der Waals surface area contributed by atoms with Crippen LogP contribution >= 0.6 is 0 Å². The van der Waals surface area contributed by atoms with Crippen molar-refractivity contribution >= 4 is 38.5 Å². The Labute approximate surface area is 404 Å². The van der Waals surface area contributed by atoms with Gasteiger partial charge in [0, 0.05) is 91.1 Å². The van der Waals surface area contributed by atoms with E-state index in [1.165, 1.54) is 27.9 Å². The number of H-pyrrole nitrogens is 3. The average Bonchev–Trinajstić information content (AvgIpc) is 4.08. The Bertz CT molecular complexity index is 2230. The van der Waals surface area contributed by atoms with Crippen molar-refractivity contribution in [1.82, 2.24) is 29.7 Å². The van der Waals surface area contributed by atoms with E-state index in [0.29, 0.717) is 18.1 Å². The Morgan fingerprint density at radius 2 is 0.879 bits per heavy atom. The zero-order valence-corrected chi connectivity index (χ0v) is 45.0. The number of nitrogens with zero attached hydrogens (tertiary/aromatic N) is 3. The van der Waals surface area contributed by atoms with Crippen molar-refractivity contribution < 1.29 is 9.90 Å². The van der Waals surface area contributed by atoms with Crippen LogP contribution in [0.1, 0.15) is 216 Å². The molecule has 0 radical (unpaired) electrons. The summed E-state index contributed by atoms with van der Waals surface area (Å²) in [6.07, 6.45) is 0.754. The normalized spacial score (nSPS) is 21.5. The number of rotatable bonds is 3. The van der Waals surface area contributed by atoms with Crippen molar-refractivity contribution in [3.05, 3.63) is 107 Å². The van der Waals surface area contributed by atoms with Crippen LogP contribution in [-0.4, -0.2) is 78.3 Å². The number of likely N-dealkylation sites (N-methyl/N-ethyl adjacent to an activating group) is 3. The van der Waals surface area contributed by atoms with Gasteiger partial charge in [-0.05, 0) is 91.4 Å². The van der Waals surface area contributed by atoms with E-state index in [-0.39, 0.29) is 31.3 Å². The van der Waals surface area contributed by atoms with Crippen LogP contribution in [0.2, 0.25) is 0 Å². The first-order chi connectivity index (χ1) is 31.5. The van der Waals surface area contributed by atoms with Crippen LogP contribution in [0, 0.1) is 0 Å². The molecule has 6 aromatic rings. The van der Waals surface area contributed by atoms with Gasteiger partial charge in [0.2, 0.25) is 0 Å². The summed E-state index contributed by atoms with van der Waals surface area (Å²) in [7, 11) is 0. The van der Waals surface area contributed by atoms with Gasteiger partial charge in [-0.15, -0.1) is 0 Å². The Hall–Kier alpha value is -4.21. The van der Waals surface area contributed by atoms with E-state index in [1.807, 2.05) is 126 Å². The average molecular weight is 911 g/mol. The molecule has 3 aliphatic heterocycles. The van der Waals surface area contributed by atoms with Crippen molar-refractivity contribution in [3.8, 4) is 0 Å². The minimum atomic E-state index is -0.410. The molecule has 6 heterocycles. The lowest BCUT2D eigenvalue weighted by Crippen LogP contribution is -2.45. The van der Waals surface area contributed by atoms with Crippen LogP contribution < -0.4 is 0 Å². The molecule has 3 aromatic heterocycles. The third-order valence-electron chi connectivity index (χ3n) is 12.7. The van der Waals surface area contributed by atoms with Crippen LogP contribution in [0.4, 0.5) is 0 Å². The lowest BCUT2D eigenvalue weighted by molar-refractivity contribution is 0.0210. The van der Waals surface area contributed by atoms with Gasteiger partial charge >= 0.3 is 0 Å². The molecule has 0 spiro atoms. The number of aliphatic hydroxyl groups is 1. The number of benzene rings is 3. The molecule has 4 N–H and O–H groups in total. The molecule has 0 aliphatic carbocycles. The number of carbonyl (C=O) groups is 1. The number of carbonyl (C=O) groups excluding carboxylic acids is 1. The standard InChI is InChI=1S/C15H20N2O.C15H18N2O.C15H20N2.6C2H6.CH4/c2*1-4-17-9(2)14-13(15(18)10(17)3)11-7-5-6-8-12(11)16-14;1-4-17-10(2)9-13-12-7-5-6-8-14(12)16-15(13)11(17)3;6*1-2;/h5-10,15-16,18H,4H2,1-3H3;5-10,16H,4H2,1-3H3;5-8,10-11,16H,4,9H2,1-3H3;6*1-2H3;1H4. The highest BCUT2D eigenvalue weighted by molar-refractivity contribution is 6.12. The number of fused-ring (bicyclic) bond motifs is 9. The Balaban J connectivity index is 0.000000855. The maximum Gasteiger partial charge on any atom is 0.182 e. The first kappa shape index (κ1) is 61.8. The highest BCUT2D eigenvalue weighted by Gasteiger charge is 2.38. The van der Waals surface area contributed by atoms with Gasteiger partial charge in [-0.25, -0.2) is 0 Å². The minimum Gasteiger partial charge on any atom is -0.387 e. The lowest BCUT2D eigenvalue weighted by atomic mass is 9.90. The predicted octanol–water partition coefficient (Wildman–Crippen LogP) is 16.4. The summed E-state index contributed by atoms with van der Waals surface area (Å²) >= 11 is 0. The quantitative estimate of drug-likeness (QED) is 0.142. The fourth-order valence-corrected chi connectivity index (χ4v) is 9.83. The summed E-state index contributed by atoms with van der Waals surface area (Å²) in [5, 5.41) is 14.2. The summed E-state index contributed by atoms with van der Waals surface area (Å²) in [5.41, 5.74) is 10.7. The van der Waals surface area contributed by atoms with E-state index in [4.69, 9.17) is 0 Å². The number of hydrogen-bond acceptors (Lipinski definition) is 5. The van der Waals surface area contributed by atoms with E-state index in [9.17, 15) is 9.90 Å². The smallest absolute Gasteiger partial charge is 0.182 e. The molecule has 7 unspecified atom stereocenters. The largest absolute Gasteiger partial charge is 0.387 e. The van der Waals surface area contributed by atoms with E-state index >= 15 is 0 Å². The second-order valence-corrected chi connectivity index (χ2v) is 15.3. The van der Waals surface area contributed by atoms with Crippen LogP contribution in [0.15, 0.2) is 72.8 Å². The number of aromatic amines is 3. The second-order valence-electron chi connectivity index (χ2n) is 15.3. The fourth-order valence-electron chi connectivity index (χ4n) is 9.83. The molecule has 0 saturated heterocycles. The van der Waals surface area contributed by atoms with Gasteiger partial charge in [0.1, 0.15) is 0 Å². The molecule has 8 nitrogen and oxygen atoms in total. The Kier molecular flexibility index (Phi) is 29.0. The molecule has 3 aliphatic rings. The zero-order valence-electron chi connectivity index (χ0n) is 45.0. The van der Waals surface area contributed by atoms with Gasteiger partial charge in [-0.1, -0.05) is 166 Å². The minimum absolute atomic E-state index is 0. The van der Waals surface area contributed by atoms with Gasteiger partial charge in [0.15, 0.2) is 5.78 Å². The fraction of sp³-hybridized carbons (Fsp3) is 0.569. The van der Waals surface area contributed by atoms with Crippen molar-refractivity contribution in [1.29, 1.82) is 0 Å². The van der Waals surface area contributed by atoms with E-state index in [1.54, 1.807) is 0 Å².